The van der Waals surface area contributed by atoms with Crippen molar-refractivity contribution >= 4 is 39.7 Å². The molecule has 3 rings (SSSR count). The highest BCUT2D eigenvalue weighted by atomic mass is 35.5. The number of rotatable bonds is 6. The summed E-state index contributed by atoms with van der Waals surface area (Å²) < 4.78 is 5.28. The number of carbonyl (C=O) groups excluding carboxylic acids is 1. The molecular weight excluding hydrogens is 374 g/mol. The minimum absolute atomic E-state index is 0.258. The highest BCUT2D eigenvalue weighted by Crippen LogP contribution is 2.24. The van der Waals surface area contributed by atoms with E-state index in [1.54, 1.807) is 26.3 Å². The van der Waals surface area contributed by atoms with Gasteiger partial charge in [-0.25, -0.2) is 15.0 Å². The number of halogens is 1. The van der Waals surface area contributed by atoms with Crippen LogP contribution in [-0.4, -0.2) is 28.0 Å². The van der Waals surface area contributed by atoms with E-state index in [1.165, 1.54) is 11.3 Å². The van der Waals surface area contributed by atoms with Crippen LogP contribution >= 0.6 is 22.9 Å². The molecule has 0 aliphatic heterocycles. The van der Waals surface area contributed by atoms with E-state index in [2.05, 4.69) is 25.6 Å². The first kappa shape index (κ1) is 18.1. The third-order valence-electron chi connectivity index (χ3n) is 3.39. The van der Waals surface area contributed by atoms with Gasteiger partial charge in [-0.1, -0.05) is 41.1 Å². The molecule has 0 spiro atoms. The second kappa shape index (κ2) is 8.11. The van der Waals surface area contributed by atoms with Crippen LogP contribution in [0.25, 0.3) is 0 Å². The smallest absolute Gasteiger partial charge is 0.280 e. The number of anilines is 2. The first-order valence-corrected chi connectivity index (χ1v) is 8.88. The number of thiazole rings is 1. The van der Waals surface area contributed by atoms with Crippen molar-refractivity contribution in [3.8, 4) is 5.75 Å². The molecule has 0 fully saturated rings. The van der Waals surface area contributed by atoms with Crippen molar-refractivity contribution in [1.29, 1.82) is 0 Å². The normalized spacial score (nSPS) is 10.4. The Morgan fingerprint density at radius 3 is 2.88 bits per heavy atom. The molecule has 0 atom stereocenters. The molecule has 0 radical (unpaired) electrons. The zero-order valence-electron chi connectivity index (χ0n) is 14.1. The standard InChI is InChI=1S/C17H16ClN5O2S/c1-10-21-13(18)7-14(22-10)23-15-9-20-17(26-15)16(24)19-8-11-5-3-4-6-12(11)25-2/h3-7,9H,8H2,1-2H3,(H,19,24)(H,21,22,23). The van der Waals surface area contributed by atoms with Gasteiger partial charge >= 0.3 is 0 Å². The second-order valence-electron chi connectivity index (χ2n) is 5.27. The Hall–Kier alpha value is -2.71. The fourth-order valence-electron chi connectivity index (χ4n) is 2.26. The molecule has 3 aromatic rings. The molecule has 0 aliphatic carbocycles. The number of nitrogens with zero attached hydrogens (tertiary/aromatic N) is 3. The molecule has 2 N–H and O–H groups in total. The summed E-state index contributed by atoms with van der Waals surface area (Å²) in [6, 6.07) is 9.13. The zero-order chi connectivity index (χ0) is 18.5. The number of methoxy groups -OCH3 is 1. The first-order chi connectivity index (χ1) is 12.5. The van der Waals surface area contributed by atoms with Gasteiger partial charge in [0.05, 0.1) is 13.3 Å². The van der Waals surface area contributed by atoms with Gasteiger partial charge < -0.3 is 15.4 Å². The molecule has 1 aromatic carbocycles. The third kappa shape index (κ3) is 4.47. The summed E-state index contributed by atoms with van der Waals surface area (Å²) in [5, 5.41) is 7.29. The third-order valence-corrected chi connectivity index (χ3v) is 4.49. The molecule has 9 heteroatoms. The summed E-state index contributed by atoms with van der Waals surface area (Å²) >= 11 is 7.14. The molecule has 2 heterocycles. The number of para-hydroxylation sites is 1. The monoisotopic (exact) mass is 389 g/mol. The minimum Gasteiger partial charge on any atom is -0.496 e. The molecule has 2 aromatic heterocycles. The van der Waals surface area contributed by atoms with Crippen LogP contribution in [0.5, 0.6) is 5.75 Å². The van der Waals surface area contributed by atoms with Crippen molar-refractivity contribution in [3.63, 3.8) is 0 Å². The van der Waals surface area contributed by atoms with Gasteiger partial charge in [0.15, 0.2) is 5.01 Å². The Morgan fingerprint density at radius 2 is 2.12 bits per heavy atom. The fourth-order valence-corrected chi connectivity index (χ4v) is 3.22. The van der Waals surface area contributed by atoms with E-state index in [4.69, 9.17) is 16.3 Å². The number of carbonyl (C=O) groups is 1. The number of aryl methyl sites for hydroxylation is 1. The van der Waals surface area contributed by atoms with Crippen molar-refractivity contribution in [2.75, 3.05) is 12.4 Å². The van der Waals surface area contributed by atoms with E-state index in [-0.39, 0.29) is 5.91 Å². The summed E-state index contributed by atoms with van der Waals surface area (Å²) in [6.45, 7) is 2.10. The first-order valence-electron chi connectivity index (χ1n) is 7.69. The van der Waals surface area contributed by atoms with Crippen molar-refractivity contribution in [1.82, 2.24) is 20.3 Å². The van der Waals surface area contributed by atoms with E-state index in [0.717, 1.165) is 11.3 Å². The minimum atomic E-state index is -0.258. The SMILES string of the molecule is COc1ccccc1CNC(=O)c1ncc(Nc2cc(Cl)nc(C)n2)s1. The molecular formula is C17H16ClN5O2S. The van der Waals surface area contributed by atoms with Crippen molar-refractivity contribution in [3.05, 3.63) is 58.1 Å². The molecule has 1 amide bonds. The molecule has 134 valence electrons. The molecule has 0 unspecified atom stereocenters. The number of amides is 1. The van der Waals surface area contributed by atoms with E-state index >= 15 is 0 Å². The summed E-state index contributed by atoms with van der Waals surface area (Å²) in [6.07, 6.45) is 1.58. The number of hydrogen-bond acceptors (Lipinski definition) is 7. The molecule has 0 saturated carbocycles. The second-order valence-corrected chi connectivity index (χ2v) is 6.69. The lowest BCUT2D eigenvalue weighted by Crippen LogP contribution is -2.22. The van der Waals surface area contributed by atoms with Crippen LogP contribution in [0, 0.1) is 6.92 Å². The Balaban J connectivity index is 1.64. The van der Waals surface area contributed by atoms with Crippen LogP contribution in [0.3, 0.4) is 0 Å². The fraction of sp³-hybridized carbons (Fsp3) is 0.176. The number of benzene rings is 1. The summed E-state index contributed by atoms with van der Waals surface area (Å²) in [4.78, 5) is 24.7. The zero-order valence-corrected chi connectivity index (χ0v) is 15.7. The van der Waals surface area contributed by atoms with Gasteiger partial charge in [0.1, 0.15) is 27.5 Å². The number of hydrogen-bond donors (Lipinski definition) is 2. The largest absolute Gasteiger partial charge is 0.496 e. The average molecular weight is 390 g/mol. The van der Waals surface area contributed by atoms with E-state index in [1.807, 2.05) is 24.3 Å². The summed E-state index contributed by atoms with van der Waals surface area (Å²) in [5.41, 5.74) is 0.893. The number of ether oxygens (including phenoxy) is 1. The maximum absolute atomic E-state index is 12.3. The predicted octanol–water partition coefficient (Wildman–Crippen LogP) is 3.58. The van der Waals surface area contributed by atoms with Crippen LogP contribution in [0.4, 0.5) is 10.8 Å². The van der Waals surface area contributed by atoms with Gasteiger partial charge in [0.2, 0.25) is 0 Å². The van der Waals surface area contributed by atoms with E-state index in [0.29, 0.717) is 33.3 Å². The van der Waals surface area contributed by atoms with Gasteiger partial charge in [0, 0.05) is 18.2 Å². The van der Waals surface area contributed by atoms with Crippen LogP contribution in [0.1, 0.15) is 21.2 Å². The van der Waals surface area contributed by atoms with Crippen LogP contribution < -0.4 is 15.4 Å². The lowest BCUT2D eigenvalue weighted by Gasteiger charge is -2.08. The molecule has 0 bridgehead atoms. The predicted molar refractivity (Wildman–Crippen MR) is 101 cm³/mol. The van der Waals surface area contributed by atoms with Crippen LogP contribution in [0.15, 0.2) is 36.5 Å². The highest BCUT2D eigenvalue weighted by molar-refractivity contribution is 7.17. The average Bonchev–Trinajstić information content (AvgIpc) is 3.07. The maximum atomic E-state index is 12.3. The van der Waals surface area contributed by atoms with Gasteiger partial charge in [-0.15, -0.1) is 0 Å². The molecule has 26 heavy (non-hydrogen) atoms. The maximum Gasteiger partial charge on any atom is 0.280 e. The van der Waals surface area contributed by atoms with Gasteiger partial charge in [0.25, 0.3) is 5.91 Å². The van der Waals surface area contributed by atoms with E-state index in [9.17, 15) is 4.79 Å². The van der Waals surface area contributed by atoms with Crippen molar-refractivity contribution < 1.29 is 9.53 Å². The topological polar surface area (TPSA) is 89.0 Å². The number of aromatic nitrogens is 3. The Kier molecular flexibility index (Phi) is 5.65. The summed E-state index contributed by atoms with van der Waals surface area (Å²) in [5.74, 6) is 1.57. The quantitative estimate of drug-likeness (QED) is 0.626. The molecule has 7 nitrogen and oxygen atoms in total. The van der Waals surface area contributed by atoms with Crippen LogP contribution in [0.2, 0.25) is 5.15 Å². The lowest BCUT2D eigenvalue weighted by molar-refractivity contribution is 0.0950. The Labute approximate surface area is 159 Å². The van der Waals surface area contributed by atoms with E-state index < -0.39 is 0 Å². The van der Waals surface area contributed by atoms with Crippen molar-refractivity contribution in [2.45, 2.75) is 13.5 Å². The van der Waals surface area contributed by atoms with Crippen LogP contribution in [-0.2, 0) is 6.54 Å². The highest BCUT2D eigenvalue weighted by Gasteiger charge is 2.13. The lowest BCUT2D eigenvalue weighted by atomic mass is 10.2. The van der Waals surface area contributed by atoms with Gasteiger partial charge in [-0.05, 0) is 13.0 Å². The number of nitrogens with one attached hydrogen (secondary N) is 2. The van der Waals surface area contributed by atoms with Gasteiger partial charge in [-0.2, -0.15) is 0 Å². The Morgan fingerprint density at radius 1 is 1.31 bits per heavy atom. The Bertz CT molecular complexity index is 911. The van der Waals surface area contributed by atoms with Crippen molar-refractivity contribution in [2.24, 2.45) is 0 Å². The molecule has 0 saturated heterocycles. The van der Waals surface area contributed by atoms with Gasteiger partial charge in [-0.3, -0.25) is 4.79 Å². The molecule has 0 aliphatic rings. The summed E-state index contributed by atoms with van der Waals surface area (Å²) in [7, 11) is 1.60.